The first-order valence-electron chi connectivity index (χ1n) is 7.69. The molecule has 1 aromatic heterocycles. The summed E-state index contributed by atoms with van der Waals surface area (Å²) in [6, 6.07) is 3.15. The van der Waals surface area contributed by atoms with Gasteiger partial charge in [-0.25, -0.2) is 14.6 Å². The lowest BCUT2D eigenvalue weighted by Crippen LogP contribution is -2.39. The average Bonchev–Trinajstić information content (AvgIpc) is 2.71. The van der Waals surface area contributed by atoms with Crippen LogP contribution in [0.4, 0.5) is 10.6 Å². The van der Waals surface area contributed by atoms with E-state index in [1.807, 2.05) is 25.7 Å². The van der Waals surface area contributed by atoms with Gasteiger partial charge in [0.2, 0.25) is 0 Å². The first-order chi connectivity index (χ1) is 10.8. The number of carbonyl (C=O) groups is 2. The second-order valence-corrected chi connectivity index (χ2v) is 6.49. The number of amides is 1. The second-order valence-electron chi connectivity index (χ2n) is 6.49. The van der Waals surface area contributed by atoms with E-state index in [1.54, 1.807) is 23.2 Å². The summed E-state index contributed by atoms with van der Waals surface area (Å²) >= 11 is 0. The maximum atomic E-state index is 12.2. The Morgan fingerprint density at radius 2 is 1.96 bits per heavy atom. The molecule has 1 amide bonds. The van der Waals surface area contributed by atoms with Gasteiger partial charge in [-0.2, -0.15) is 0 Å². The smallest absolute Gasteiger partial charge is 0.410 e. The third-order valence-electron chi connectivity index (χ3n) is 3.46. The van der Waals surface area contributed by atoms with Crippen LogP contribution in [0.5, 0.6) is 0 Å². The minimum atomic E-state index is -0.999. The van der Waals surface area contributed by atoms with Crippen LogP contribution in [0.1, 0.15) is 37.6 Å². The molecule has 0 aromatic carbocycles. The Labute approximate surface area is 135 Å². The predicted molar refractivity (Wildman–Crippen MR) is 85.8 cm³/mol. The summed E-state index contributed by atoms with van der Waals surface area (Å²) in [6.07, 6.45) is 1.98. The number of carbonyl (C=O) groups excluding carboxylic acids is 1. The van der Waals surface area contributed by atoms with Crippen LogP contribution in [-0.4, -0.2) is 58.8 Å². The lowest BCUT2D eigenvalue weighted by Gasteiger charge is -2.26. The third-order valence-corrected chi connectivity index (χ3v) is 3.46. The van der Waals surface area contributed by atoms with Crippen LogP contribution in [0.2, 0.25) is 0 Å². The van der Waals surface area contributed by atoms with E-state index in [0.29, 0.717) is 32.0 Å². The van der Waals surface area contributed by atoms with Gasteiger partial charge in [0.25, 0.3) is 0 Å². The molecule has 0 aliphatic carbocycles. The van der Waals surface area contributed by atoms with Crippen LogP contribution in [-0.2, 0) is 4.74 Å². The van der Waals surface area contributed by atoms with Crippen molar-refractivity contribution in [2.45, 2.75) is 32.8 Å². The van der Waals surface area contributed by atoms with Crippen LogP contribution in [0.3, 0.4) is 0 Å². The summed E-state index contributed by atoms with van der Waals surface area (Å²) in [7, 11) is 0. The molecule has 1 saturated heterocycles. The number of aromatic nitrogens is 1. The zero-order chi connectivity index (χ0) is 17.0. The van der Waals surface area contributed by atoms with Crippen molar-refractivity contribution >= 4 is 17.9 Å². The van der Waals surface area contributed by atoms with E-state index < -0.39 is 11.6 Å². The number of aromatic carboxylic acids is 1. The molecule has 126 valence electrons. The number of ether oxygens (including phenoxy) is 1. The largest absolute Gasteiger partial charge is 0.478 e. The van der Waals surface area contributed by atoms with E-state index in [4.69, 9.17) is 4.74 Å². The van der Waals surface area contributed by atoms with Crippen molar-refractivity contribution in [3.05, 3.63) is 23.9 Å². The molecule has 0 atom stereocenters. The van der Waals surface area contributed by atoms with Crippen molar-refractivity contribution in [1.29, 1.82) is 0 Å². The molecule has 7 nitrogen and oxygen atoms in total. The molecule has 1 aliphatic rings. The fourth-order valence-electron chi connectivity index (χ4n) is 2.45. The van der Waals surface area contributed by atoms with Crippen LogP contribution in [0.25, 0.3) is 0 Å². The zero-order valence-electron chi connectivity index (χ0n) is 13.8. The highest BCUT2D eigenvalue weighted by Crippen LogP contribution is 2.20. The topological polar surface area (TPSA) is 83.0 Å². The van der Waals surface area contributed by atoms with Crippen LogP contribution in [0, 0.1) is 0 Å². The molecule has 1 aliphatic heterocycles. The standard InChI is InChI=1S/C16H23N3O4/c1-16(2,3)23-15(22)19-9-5-8-18(10-11-19)13-12(14(20)21)6-4-7-17-13/h4,6-7H,5,8-11H2,1-3H3,(H,20,21). The number of anilines is 1. The zero-order valence-corrected chi connectivity index (χ0v) is 13.8. The van der Waals surface area contributed by atoms with Gasteiger partial charge in [0.15, 0.2) is 0 Å². The SMILES string of the molecule is CC(C)(C)OC(=O)N1CCCN(c2ncccc2C(=O)O)CC1. The Balaban J connectivity index is 2.07. The molecule has 0 unspecified atom stereocenters. The number of rotatable bonds is 2. The summed E-state index contributed by atoms with van der Waals surface area (Å²) in [5, 5.41) is 9.28. The summed E-state index contributed by atoms with van der Waals surface area (Å²) in [5.41, 5.74) is -0.348. The Morgan fingerprint density at radius 3 is 2.61 bits per heavy atom. The molecular formula is C16H23N3O4. The van der Waals surface area contributed by atoms with Gasteiger partial charge in [-0.3, -0.25) is 0 Å². The third kappa shape index (κ3) is 4.58. The van der Waals surface area contributed by atoms with E-state index in [1.165, 1.54) is 0 Å². The Bertz CT molecular complexity index is 583. The van der Waals surface area contributed by atoms with Gasteiger partial charge in [-0.15, -0.1) is 0 Å². The fraction of sp³-hybridized carbons (Fsp3) is 0.562. The van der Waals surface area contributed by atoms with Crippen LogP contribution in [0.15, 0.2) is 18.3 Å². The molecule has 0 spiro atoms. The van der Waals surface area contributed by atoms with E-state index >= 15 is 0 Å². The highest BCUT2D eigenvalue weighted by Gasteiger charge is 2.26. The van der Waals surface area contributed by atoms with Crippen molar-refractivity contribution in [2.75, 3.05) is 31.1 Å². The summed E-state index contributed by atoms with van der Waals surface area (Å²) < 4.78 is 5.39. The Kier molecular flexibility index (Phi) is 5.08. The molecule has 1 fully saturated rings. The Morgan fingerprint density at radius 1 is 1.22 bits per heavy atom. The van der Waals surface area contributed by atoms with Gasteiger partial charge in [-0.05, 0) is 39.3 Å². The van der Waals surface area contributed by atoms with Crippen molar-refractivity contribution in [3.8, 4) is 0 Å². The van der Waals surface area contributed by atoms with E-state index in [9.17, 15) is 14.7 Å². The maximum absolute atomic E-state index is 12.2. The number of hydrogen-bond acceptors (Lipinski definition) is 5. The molecule has 23 heavy (non-hydrogen) atoms. The number of carboxylic acids is 1. The lowest BCUT2D eigenvalue weighted by molar-refractivity contribution is 0.0263. The first-order valence-corrected chi connectivity index (χ1v) is 7.69. The van der Waals surface area contributed by atoms with Crippen LogP contribution >= 0.6 is 0 Å². The maximum Gasteiger partial charge on any atom is 0.410 e. The molecular weight excluding hydrogens is 298 g/mol. The first kappa shape index (κ1) is 17.1. The van der Waals surface area contributed by atoms with Crippen LogP contribution < -0.4 is 4.90 Å². The quantitative estimate of drug-likeness (QED) is 0.899. The van der Waals surface area contributed by atoms with Crippen molar-refractivity contribution in [2.24, 2.45) is 0 Å². The number of pyridine rings is 1. The van der Waals surface area contributed by atoms with Gasteiger partial charge in [0.1, 0.15) is 17.0 Å². The lowest BCUT2D eigenvalue weighted by atomic mass is 10.2. The fourth-order valence-corrected chi connectivity index (χ4v) is 2.45. The molecule has 0 radical (unpaired) electrons. The van der Waals surface area contributed by atoms with Gasteiger partial charge in [0.05, 0.1) is 0 Å². The molecule has 7 heteroatoms. The molecule has 1 N–H and O–H groups in total. The molecule has 0 saturated carbocycles. The highest BCUT2D eigenvalue weighted by atomic mass is 16.6. The van der Waals surface area contributed by atoms with Gasteiger partial charge >= 0.3 is 12.1 Å². The molecule has 1 aromatic rings. The second kappa shape index (κ2) is 6.85. The van der Waals surface area contributed by atoms with Gasteiger partial charge in [-0.1, -0.05) is 0 Å². The van der Waals surface area contributed by atoms with E-state index in [-0.39, 0.29) is 11.7 Å². The number of nitrogens with zero attached hydrogens (tertiary/aromatic N) is 3. The van der Waals surface area contributed by atoms with Gasteiger partial charge in [0, 0.05) is 32.4 Å². The van der Waals surface area contributed by atoms with Crippen molar-refractivity contribution in [3.63, 3.8) is 0 Å². The summed E-state index contributed by atoms with van der Waals surface area (Å²) in [4.78, 5) is 31.3. The minimum Gasteiger partial charge on any atom is -0.478 e. The normalized spacial score (nSPS) is 16.0. The monoisotopic (exact) mass is 321 g/mol. The van der Waals surface area contributed by atoms with E-state index in [2.05, 4.69) is 4.98 Å². The number of hydrogen-bond donors (Lipinski definition) is 1. The number of carboxylic acid groups (broad SMARTS) is 1. The van der Waals surface area contributed by atoms with E-state index in [0.717, 1.165) is 6.42 Å². The summed E-state index contributed by atoms with van der Waals surface area (Å²) in [6.45, 7) is 7.74. The molecule has 0 bridgehead atoms. The predicted octanol–water partition coefficient (Wildman–Crippen LogP) is 2.23. The Hall–Kier alpha value is -2.31. The average molecular weight is 321 g/mol. The highest BCUT2D eigenvalue weighted by molar-refractivity contribution is 5.93. The summed E-state index contributed by atoms with van der Waals surface area (Å²) in [5.74, 6) is -0.549. The molecule has 2 rings (SSSR count). The minimum absolute atomic E-state index is 0.179. The molecule has 2 heterocycles. The van der Waals surface area contributed by atoms with Crippen molar-refractivity contribution in [1.82, 2.24) is 9.88 Å². The van der Waals surface area contributed by atoms with Gasteiger partial charge < -0.3 is 19.6 Å². The van der Waals surface area contributed by atoms with Crippen molar-refractivity contribution < 1.29 is 19.4 Å².